The van der Waals surface area contributed by atoms with Crippen LogP contribution in [0, 0.1) is 0 Å². The SMILES string of the molecule is CCCC(C)(C)NS(=O)(=O)C(C)C(N)=S. The summed E-state index contributed by atoms with van der Waals surface area (Å²) in [6.07, 6.45) is 1.69. The van der Waals surface area contributed by atoms with Crippen molar-refractivity contribution in [2.45, 2.75) is 51.3 Å². The summed E-state index contributed by atoms with van der Waals surface area (Å²) < 4.78 is 26.2. The Balaban J connectivity index is 4.72. The van der Waals surface area contributed by atoms with E-state index in [1.54, 1.807) is 0 Å². The standard InChI is InChI=1S/C9H20N2O2S2/c1-5-6-9(3,4)11-15(12,13)7(2)8(10)14/h7,11H,5-6H2,1-4H3,(H2,10,14). The van der Waals surface area contributed by atoms with Crippen molar-refractivity contribution in [3.8, 4) is 0 Å². The molecule has 15 heavy (non-hydrogen) atoms. The third-order valence-electron chi connectivity index (χ3n) is 2.16. The van der Waals surface area contributed by atoms with Crippen LogP contribution in [0.2, 0.25) is 0 Å². The fourth-order valence-electron chi connectivity index (χ4n) is 1.30. The highest BCUT2D eigenvalue weighted by atomic mass is 32.2. The lowest BCUT2D eigenvalue weighted by Gasteiger charge is -2.27. The molecule has 0 aliphatic heterocycles. The topological polar surface area (TPSA) is 72.2 Å². The Bertz CT molecular complexity index is 323. The van der Waals surface area contributed by atoms with E-state index in [4.69, 9.17) is 5.73 Å². The van der Waals surface area contributed by atoms with E-state index in [1.165, 1.54) is 6.92 Å². The molecule has 3 N–H and O–H groups in total. The van der Waals surface area contributed by atoms with Gasteiger partial charge in [0.25, 0.3) is 0 Å². The Morgan fingerprint density at radius 3 is 2.33 bits per heavy atom. The smallest absolute Gasteiger partial charge is 0.221 e. The molecule has 0 rings (SSSR count). The lowest BCUT2D eigenvalue weighted by molar-refractivity contribution is 0.417. The second-order valence-electron chi connectivity index (χ2n) is 4.33. The van der Waals surface area contributed by atoms with Crippen LogP contribution in [-0.2, 0) is 10.0 Å². The summed E-state index contributed by atoms with van der Waals surface area (Å²) in [6, 6.07) is 0. The maximum absolute atomic E-state index is 11.8. The van der Waals surface area contributed by atoms with Crippen molar-refractivity contribution in [1.29, 1.82) is 0 Å². The molecule has 0 aliphatic rings. The summed E-state index contributed by atoms with van der Waals surface area (Å²) in [7, 11) is -3.46. The van der Waals surface area contributed by atoms with Crippen LogP contribution < -0.4 is 10.5 Å². The van der Waals surface area contributed by atoms with E-state index in [0.29, 0.717) is 0 Å². The Morgan fingerprint density at radius 2 is 2.00 bits per heavy atom. The van der Waals surface area contributed by atoms with Crippen LogP contribution in [0.5, 0.6) is 0 Å². The molecule has 0 radical (unpaired) electrons. The molecular weight excluding hydrogens is 232 g/mol. The molecule has 0 saturated carbocycles. The molecule has 0 heterocycles. The van der Waals surface area contributed by atoms with Crippen molar-refractivity contribution in [3.63, 3.8) is 0 Å². The van der Waals surface area contributed by atoms with Crippen molar-refractivity contribution in [1.82, 2.24) is 4.72 Å². The number of hydrogen-bond donors (Lipinski definition) is 2. The predicted octanol–water partition coefficient (Wildman–Crippen LogP) is 1.16. The molecule has 6 heteroatoms. The van der Waals surface area contributed by atoms with Gasteiger partial charge < -0.3 is 5.73 Å². The van der Waals surface area contributed by atoms with Gasteiger partial charge in [-0.3, -0.25) is 0 Å². The molecule has 0 aliphatic carbocycles. The first-order chi connectivity index (χ1) is 6.62. The second-order valence-corrected chi connectivity index (χ2v) is 6.80. The zero-order chi connectivity index (χ0) is 12.3. The number of thiocarbonyl (C=S) groups is 1. The molecule has 1 atom stereocenters. The molecule has 0 bridgehead atoms. The number of hydrogen-bond acceptors (Lipinski definition) is 3. The molecule has 0 aromatic rings. The van der Waals surface area contributed by atoms with E-state index in [-0.39, 0.29) is 4.99 Å². The molecule has 4 nitrogen and oxygen atoms in total. The van der Waals surface area contributed by atoms with Gasteiger partial charge in [-0.2, -0.15) is 0 Å². The Labute approximate surface area is 97.7 Å². The van der Waals surface area contributed by atoms with Gasteiger partial charge in [0.05, 0.1) is 4.99 Å². The molecule has 0 fully saturated rings. The fraction of sp³-hybridized carbons (Fsp3) is 0.889. The van der Waals surface area contributed by atoms with Crippen LogP contribution in [0.15, 0.2) is 0 Å². The van der Waals surface area contributed by atoms with Gasteiger partial charge in [0.1, 0.15) is 5.25 Å². The van der Waals surface area contributed by atoms with Crippen LogP contribution in [0.3, 0.4) is 0 Å². The van der Waals surface area contributed by atoms with Gasteiger partial charge in [0.15, 0.2) is 0 Å². The van der Waals surface area contributed by atoms with E-state index in [1.807, 2.05) is 20.8 Å². The molecule has 90 valence electrons. The van der Waals surface area contributed by atoms with E-state index in [9.17, 15) is 8.42 Å². The first kappa shape index (κ1) is 14.8. The molecule has 0 aromatic heterocycles. The summed E-state index contributed by atoms with van der Waals surface area (Å²) >= 11 is 4.68. The van der Waals surface area contributed by atoms with Gasteiger partial charge in [-0.05, 0) is 27.2 Å². The van der Waals surface area contributed by atoms with Crippen LogP contribution in [0.1, 0.15) is 40.5 Å². The lowest BCUT2D eigenvalue weighted by atomic mass is 10.0. The van der Waals surface area contributed by atoms with Gasteiger partial charge >= 0.3 is 0 Å². The van der Waals surface area contributed by atoms with Crippen LogP contribution in [0.4, 0.5) is 0 Å². The van der Waals surface area contributed by atoms with E-state index < -0.39 is 20.8 Å². The minimum Gasteiger partial charge on any atom is -0.392 e. The molecule has 0 aromatic carbocycles. The van der Waals surface area contributed by atoms with Crippen LogP contribution in [0.25, 0.3) is 0 Å². The highest BCUT2D eigenvalue weighted by molar-refractivity contribution is 7.93. The van der Waals surface area contributed by atoms with Gasteiger partial charge in [-0.1, -0.05) is 25.6 Å². The summed E-state index contributed by atoms with van der Waals surface area (Å²) in [5.41, 5.74) is 4.88. The Hall–Kier alpha value is -0.200. The number of sulfonamides is 1. The molecule has 0 saturated heterocycles. The average molecular weight is 252 g/mol. The van der Waals surface area contributed by atoms with Crippen LogP contribution in [-0.4, -0.2) is 24.2 Å². The highest BCUT2D eigenvalue weighted by Gasteiger charge is 2.29. The van der Waals surface area contributed by atoms with Crippen molar-refractivity contribution in [2.75, 3.05) is 0 Å². The monoisotopic (exact) mass is 252 g/mol. The van der Waals surface area contributed by atoms with Gasteiger partial charge in [-0.25, -0.2) is 13.1 Å². The van der Waals surface area contributed by atoms with E-state index >= 15 is 0 Å². The van der Waals surface area contributed by atoms with Gasteiger partial charge in [0.2, 0.25) is 10.0 Å². The van der Waals surface area contributed by atoms with Crippen molar-refractivity contribution in [3.05, 3.63) is 0 Å². The third kappa shape index (κ3) is 4.90. The first-order valence-corrected chi connectivity index (χ1v) is 6.90. The van der Waals surface area contributed by atoms with Gasteiger partial charge in [-0.15, -0.1) is 0 Å². The Morgan fingerprint density at radius 1 is 1.53 bits per heavy atom. The molecule has 0 spiro atoms. The van der Waals surface area contributed by atoms with E-state index in [2.05, 4.69) is 16.9 Å². The average Bonchev–Trinajstić information content (AvgIpc) is 2.00. The van der Waals surface area contributed by atoms with Gasteiger partial charge in [0, 0.05) is 5.54 Å². The predicted molar refractivity (Wildman–Crippen MR) is 67.3 cm³/mol. The van der Waals surface area contributed by atoms with Crippen molar-refractivity contribution >= 4 is 27.2 Å². The number of nitrogens with two attached hydrogens (primary N) is 1. The molecule has 1 unspecified atom stereocenters. The molecular formula is C9H20N2O2S2. The van der Waals surface area contributed by atoms with Crippen molar-refractivity contribution < 1.29 is 8.42 Å². The zero-order valence-electron chi connectivity index (χ0n) is 9.70. The maximum Gasteiger partial charge on any atom is 0.221 e. The van der Waals surface area contributed by atoms with Crippen molar-refractivity contribution in [2.24, 2.45) is 5.73 Å². The second kappa shape index (κ2) is 5.23. The number of rotatable bonds is 6. The lowest BCUT2D eigenvalue weighted by Crippen LogP contribution is -2.49. The summed E-state index contributed by atoms with van der Waals surface area (Å²) in [6.45, 7) is 7.19. The quantitative estimate of drug-likeness (QED) is 0.696. The zero-order valence-corrected chi connectivity index (χ0v) is 11.3. The van der Waals surface area contributed by atoms with Crippen LogP contribution >= 0.6 is 12.2 Å². The summed E-state index contributed by atoms with van der Waals surface area (Å²) in [5.74, 6) is 0. The number of nitrogens with one attached hydrogen (secondary N) is 1. The minimum atomic E-state index is -3.46. The molecule has 0 amide bonds. The third-order valence-corrected chi connectivity index (χ3v) is 4.68. The first-order valence-electron chi connectivity index (χ1n) is 4.94. The Kier molecular flexibility index (Phi) is 5.16. The maximum atomic E-state index is 11.8. The normalized spacial score (nSPS) is 14.9. The minimum absolute atomic E-state index is 0.00482. The highest BCUT2D eigenvalue weighted by Crippen LogP contribution is 2.14. The summed E-state index contributed by atoms with van der Waals surface area (Å²) in [4.78, 5) is -0.00482. The fourth-order valence-corrected chi connectivity index (χ4v) is 3.04. The largest absolute Gasteiger partial charge is 0.392 e. The van der Waals surface area contributed by atoms with E-state index in [0.717, 1.165) is 12.8 Å². The summed E-state index contributed by atoms with van der Waals surface area (Å²) in [5, 5.41) is -0.830.